The zero-order valence-corrected chi connectivity index (χ0v) is 15.7. The van der Waals surface area contributed by atoms with Crippen molar-refractivity contribution in [1.82, 2.24) is 24.8 Å². The van der Waals surface area contributed by atoms with Gasteiger partial charge in [0.1, 0.15) is 0 Å². The largest absolute Gasteiger partial charge is 0.390 e. The Bertz CT molecular complexity index is 1250. The van der Waals surface area contributed by atoms with Crippen LogP contribution in [0, 0.1) is 0 Å². The van der Waals surface area contributed by atoms with E-state index in [4.69, 9.17) is 17.3 Å². The summed E-state index contributed by atoms with van der Waals surface area (Å²) >= 11 is 7.04. The topological polar surface area (TPSA) is 109 Å². The summed E-state index contributed by atoms with van der Waals surface area (Å²) in [6, 6.07) is 6.42. The Morgan fingerprint density at radius 1 is 1.29 bits per heavy atom. The molecule has 142 valence electrons. The van der Waals surface area contributed by atoms with Crippen LogP contribution in [0.1, 0.15) is 16.2 Å². The third kappa shape index (κ3) is 3.06. The summed E-state index contributed by atoms with van der Waals surface area (Å²) in [5, 5.41) is 14.6. The number of aromatic nitrogens is 5. The number of anilines is 1. The first-order valence-corrected chi connectivity index (χ1v) is 9.33. The fourth-order valence-electron chi connectivity index (χ4n) is 2.71. The number of carbonyl (C=O) groups excluding carboxylic acids is 1. The molecule has 28 heavy (non-hydrogen) atoms. The van der Waals surface area contributed by atoms with Gasteiger partial charge >= 0.3 is 5.91 Å². The molecule has 0 fully saturated rings. The lowest BCUT2D eigenvalue weighted by Gasteiger charge is -2.09. The van der Waals surface area contributed by atoms with Crippen molar-refractivity contribution >= 4 is 44.6 Å². The number of alkyl halides is 1. The maximum atomic E-state index is 13.0. The van der Waals surface area contributed by atoms with E-state index in [2.05, 4.69) is 15.4 Å². The number of nitrogen functional groups attached to an aromatic ring is 1. The number of thiophene rings is 1. The van der Waals surface area contributed by atoms with E-state index >= 15 is 0 Å². The molecule has 0 saturated heterocycles. The molecule has 4 rings (SSSR count). The van der Waals surface area contributed by atoms with Gasteiger partial charge in [-0.2, -0.15) is 14.5 Å². The molecule has 0 radical (unpaired) electrons. The van der Waals surface area contributed by atoms with E-state index in [1.54, 1.807) is 29.6 Å². The molecule has 11 heteroatoms. The second-order valence-electron chi connectivity index (χ2n) is 5.83. The van der Waals surface area contributed by atoms with Crippen molar-refractivity contribution < 1.29 is 9.18 Å². The molecule has 0 amide bonds. The van der Waals surface area contributed by atoms with E-state index in [-0.39, 0.29) is 22.5 Å². The van der Waals surface area contributed by atoms with Crippen molar-refractivity contribution in [2.75, 3.05) is 12.4 Å². The molecule has 0 atom stereocenters. The number of carbonyl (C=O) groups is 1. The third-order valence-electron chi connectivity index (χ3n) is 4.05. The smallest absolute Gasteiger partial charge is 0.300 e. The highest BCUT2D eigenvalue weighted by molar-refractivity contribution is 7.15. The number of nitrogens with two attached hydrogens (primary N) is 1. The van der Waals surface area contributed by atoms with Gasteiger partial charge in [-0.1, -0.05) is 16.8 Å². The van der Waals surface area contributed by atoms with E-state index in [1.807, 2.05) is 0 Å². The first-order valence-electron chi connectivity index (χ1n) is 8.07. The van der Waals surface area contributed by atoms with E-state index in [1.165, 1.54) is 6.20 Å². The van der Waals surface area contributed by atoms with Crippen LogP contribution >= 0.6 is 22.9 Å². The molecular weight excluding hydrogens is 406 g/mol. The normalized spacial score (nSPS) is 11.2. The van der Waals surface area contributed by atoms with Gasteiger partial charge < -0.3 is 5.73 Å². The average molecular weight is 418 g/mol. The lowest BCUT2D eigenvalue weighted by Crippen LogP contribution is -2.26. The van der Waals surface area contributed by atoms with Crippen LogP contribution in [0.4, 0.5) is 9.39 Å². The molecule has 0 spiro atoms. The number of hydrogen-bond donors (Lipinski definition) is 1. The SMILES string of the molecule is Nc1scc2c(C(=O)n3cc(CC[18F])nn3)nn(-c3ccc(Cl)cc3)c(=O)c12. The van der Waals surface area contributed by atoms with Crippen molar-refractivity contribution in [2.24, 2.45) is 0 Å². The minimum atomic E-state index is -0.613. The van der Waals surface area contributed by atoms with Gasteiger partial charge in [-0.3, -0.25) is 14.0 Å². The van der Waals surface area contributed by atoms with Gasteiger partial charge in [-0.05, 0) is 24.3 Å². The number of nitrogens with zero attached hydrogens (tertiary/aromatic N) is 5. The van der Waals surface area contributed by atoms with Gasteiger partial charge in [-0.25, -0.2) is 0 Å². The van der Waals surface area contributed by atoms with Gasteiger partial charge in [0.05, 0.1) is 34.6 Å². The molecule has 0 bridgehead atoms. The van der Waals surface area contributed by atoms with Crippen LogP contribution in [-0.2, 0) is 6.42 Å². The summed E-state index contributed by atoms with van der Waals surface area (Å²) in [5.41, 5.74) is 6.25. The summed E-state index contributed by atoms with van der Waals surface area (Å²) in [7, 11) is 0. The van der Waals surface area contributed by atoms with Crippen molar-refractivity contribution in [2.45, 2.75) is 6.42 Å². The predicted octanol–water partition coefficient (Wildman–Crippen LogP) is 2.47. The van der Waals surface area contributed by atoms with Crippen molar-refractivity contribution in [3.8, 4) is 5.69 Å². The molecule has 2 N–H and O–H groups in total. The number of fused-ring (bicyclic) bond motifs is 1. The third-order valence-corrected chi connectivity index (χ3v) is 5.12. The van der Waals surface area contributed by atoms with Gasteiger partial charge in [0.15, 0.2) is 5.69 Å². The van der Waals surface area contributed by atoms with Gasteiger partial charge in [-0.15, -0.1) is 16.4 Å². The number of benzene rings is 1. The average Bonchev–Trinajstić information content (AvgIpc) is 3.30. The lowest BCUT2D eigenvalue weighted by molar-refractivity contribution is 0.0938. The van der Waals surface area contributed by atoms with Crippen LogP contribution in [0.2, 0.25) is 5.02 Å². The molecule has 3 aromatic heterocycles. The standard InChI is InChI=1S/C17H12ClFN6O2S/c18-9-1-3-11(4-2-9)25-16(26)13-12(8-28-15(13)20)14(22-25)17(27)24-7-10(5-6-19)21-23-24/h1-4,7-8H,5-6,20H2/i19-1. The predicted molar refractivity (Wildman–Crippen MR) is 104 cm³/mol. The number of aryl methyl sites for hydroxylation is 1. The van der Waals surface area contributed by atoms with Crippen LogP contribution in [0.15, 0.2) is 40.6 Å². The Balaban J connectivity index is 1.92. The molecule has 0 aliphatic heterocycles. The molecule has 4 aromatic rings. The number of halogens is 2. The zero-order chi connectivity index (χ0) is 19.8. The van der Waals surface area contributed by atoms with Crippen LogP contribution in [0.25, 0.3) is 16.5 Å². The molecule has 8 nitrogen and oxygen atoms in total. The molecule has 0 saturated carbocycles. The summed E-state index contributed by atoms with van der Waals surface area (Å²) in [5.74, 6) is -0.608. The Morgan fingerprint density at radius 3 is 2.75 bits per heavy atom. The van der Waals surface area contributed by atoms with Gasteiger partial charge in [0.2, 0.25) is 0 Å². The van der Waals surface area contributed by atoms with E-state index < -0.39 is 18.1 Å². The highest BCUT2D eigenvalue weighted by atomic mass is 35.5. The van der Waals surface area contributed by atoms with Gasteiger partial charge in [0, 0.05) is 22.2 Å². The minimum Gasteiger partial charge on any atom is -0.390 e. The number of rotatable bonds is 4. The molecule has 1 aromatic carbocycles. The van der Waals surface area contributed by atoms with Crippen molar-refractivity contribution in [3.05, 3.63) is 62.6 Å². The summed E-state index contributed by atoms with van der Waals surface area (Å²) in [6.07, 6.45) is 1.38. The molecule has 0 unspecified atom stereocenters. The quantitative estimate of drug-likeness (QED) is 0.546. The second kappa shape index (κ2) is 7.13. The van der Waals surface area contributed by atoms with Crippen LogP contribution in [0.3, 0.4) is 0 Å². The van der Waals surface area contributed by atoms with E-state index in [0.29, 0.717) is 21.8 Å². The molecule has 0 aliphatic carbocycles. The molecular formula is C17H12ClFN6O2S. The highest BCUT2D eigenvalue weighted by Crippen LogP contribution is 2.28. The maximum absolute atomic E-state index is 13.0. The summed E-state index contributed by atoms with van der Waals surface area (Å²) in [4.78, 5) is 25.9. The van der Waals surface area contributed by atoms with Crippen molar-refractivity contribution in [3.63, 3.8) is 0 Å². The van der Waals surface area contributed by atoms with Crippen LogP contribution in [-0.4, -0.2) is 37.4 Å². The van der Waals surface area contributed by atoms with Gasteiger partial charge in [0.25, 0.3) is 5.56 Å². The Labute approximate surface area is 166 Å². The summed E-state index contributed by atoms with van der Waals surface area (Å²) in [6.45, 7) is -0.613. The zero-order valence-electron chi connectivity index (χ0n) is 14.2. The highest BCUT2D eigenvalue weighted by Gasteiger charge is 2.22. The van der Waals surface area contributed by atoms with Crippen molar-refractivity contribution in [1.29, 1.82) is 0 Å². The van der Waals surface area contributed by atoms with E-state index in [0.717, 1.165) is 20.7 Å². The minimum absolute atomic E-state index is 0.0193. The molecule has 3 heterocycles. The Morgan fingerprint density at radius 2 is 2.04 bits per heavy atom. The Hall–Kier alpha value is -3.11. The lowest BCUT2D eigenvalue weighted by atomic mass is 10.2. The maximum Gasteiger partial charge on any atom is 0.300 e. The first-order chi connectivity index (χ1) is 13.5. The van der Waals surface area contributed by atoms with Crippen LogP contribution in [0.5, 0.6) is 0 Å². The number of hydrogen-bond acceptors (Lipinski definition) is 7. The Kier molecular flexibility index (Phi) is 4.65. The molecule has 0 aliphatic rings. The second-order valence-corrected chi connectivity index (χ2v) is 7.18. The fraction of sp³-hybridized carbons (Fsp3) is 0.118. The summed E-state index contributed by atoms with van der Waals surface area (Å²) < 4.78 is 14.6. The monoisotopic (exact) mass is 417 g/mol. The van der Waals surface area contributed by atoms with Crippen LogP contribution < -0.4 is 11.3 Å². The fourth-order valence-corrected chi connectivity index (χ4v) is 3.62. The first kappa shape index (κ1) is 18.3. The van der Waals surface area contributed by atoms with E-state index in [9.17, 15) is 14.0 Å².